The van der Waals surface area contributed by atoms with E-state index < -0.39 is 0 Å². The molecule has 0 aliphatic heterocycles. The van der Waals surface area contributed by atoms with Crippen LogP contribution < -0.4 is 10.1 Å². The molecule has 0 radical (unpaired) electrons. The fraction of sp³-hybridized carbons (Fsp3) is 0.600. The predicted molar refractivity (Wildman–Crippen MR) is 73.7 cm³/mol. The molecule has 0 heterocycles. The molecule has 2 heteroatoms. The summed E-state index contributed by atoms with van der Waals surface area (Å²) in [5, 5.41) is 3.43. The van der Waals surface area contributed by atoms with Crippen molar-refractivity contribution in [2.24, 2.45) is 0 Å². The summed E-state index contributed by atoms with van der Waals surface area (Å²) in [4.78, 5) is 0. The van der Waals surface area contributed by atoms with Gasteiger partial charge in [0, 0.05) is 6.54 Å². The van der Waals surface area contributed by atoms with Gasteiger partial charge >= 0.3 is 0 Å². The van der Waals surface area contributed by atoms with Gasteiger partial charge < -0.3 is 10.1 Å². The Bertz CT molecular complexity index is 294. The van der Waals surface area contributed by atoms with Gasteiger partial charge in [-0.2, -0.15) is 0 Å². The van der Waals surface area contributed by atoms with E-state index >= 15 is 0 Å². The maximum Gasteiger partial charge on any atom is 0.119 e. The lowest BCUT2D eigenvalue weighted by atomic mass is 10.2. The van der Waals surface area contributed by atoms with Gasteiger partial charge in [0.25, 0.3) is 0 Å². The summed E-state index contributed by atoms with van der Waals surface area (Å²) in [6.07, 6.45) is 4.06. The minimum absolute atomic E-state index is 0.222. The number of unbranched alkanes of at least 4 members (excludes halogenated alkanes) is 2. The van der Waals surface area contributed by atoms with E-state index in [1.165, 1.54) is 24.8 Å². The normalized spacial score (nSPS) is 12.4. The molecular formula is C15H25NO. The molecule has 1 atom stereocenters. The monoisotopic (exact) mass is 235 g/mol. The van der Waals surface area contributed by atoms with E-state index in [-0.39, 0.29) is 6.10 Å². The molecule has 0 aliphatic rings. The van der Waals surface area contributed by atoms with Crippen LogP contribution in [0.5, 0.6) is 5.75 Å². The first-order valence-corrected chi connectivity index (χ1v) is 6.66. The smallest absolute Gasteiger partial charge is 0.119 e. The van der Waals surface area contributed by atoms with Gasteiger partial charge in [-0.3, -0.25) is 0 Å². The molecule has 0 saturated carbocycles. The lowest BCUT2D eigenvalue weighted by Gasteiger charge is -2.15. The molecule has 1 rings (SSSR count). The van der Waals surface area contributed by atoms with Gasteiger partial charge in [-0.1, -0.05) is 37.5 Å². The van der Waals surface area contributed by atoms with Crippen molar-refractivity contribution in [2.45, 2.75) is 46.1 Å². The van der Waals surface area contributed by atoms with Gasteiger partial charge in [0.15, 0.2) is 0 Å². The lowest BCUT2D eigenvalue weighted by Crippen LogP contribution is -2.29. The number of hydrogen-bond donors (Lipinski definition) is 1. The van der Waals surface area contributed by atoms with Crippen LogP contribution >= 0.6 is 0 Å². The van der Waals surface area contributed by atoms with Gasteiger partial charge in [0.1, 0.15) is 11.9 Å². The van der Waals surface area contributed by atoms with Crippen LogP contribution in [0.25, 0.3) is 0 Å². The highest BCUT2D eigenvalue weighted by Crippen LogP contribution is 2.12. The Hall–Kier alpha value is -1.02. The van der Waals surface area contributed by atoms with Crippen molar-refractivity contribution >= 4 is 0 Å². The minimum Gasteiger partial charge on any atom is -0.489 e. The molecule has 0 fully saturated rings. The molecule has 2 nitrogen and oxygen atoms in total. The highest BCUT2D eigenvalue weighted by molar-refractivity contribution is 5.26. The number of aryl methyl sites for hydroxylation is 1. The van der Waals surface area contributed by atoms with E-state index in [0.29, 0.717) is 0 Å². The summed E-state index contributed by atoms with van der Waals surface area (Å²) in [5.74, 6) is 0.957. The average Bonchev–Trinajstić information content (AvgIpc) is 2.32. The summed E-state index contributed by atoms with van der Waals surface area (Å²) < 4.78 is 5.81. The maximum atomic E-state index is 5.81. The Morgan fingerprint density at radius 3 is 2.53 bits per heavy atom. The third kappa shape index (κ3) is 6.32. The molecule has 1 unspecified atom stereocenters. The number of nitrogens with one attached hydrogen (secondary N) is 1. The fourth-order valence-electron chi connectivity index (χ4n) is 1.70. The first-order chi connectivity index (χ1) is 8.22. The lowest BCUT2D eigenvalue weighted by molar-refractivity contribution is 0.217. The SMILES string of the molecule is CCCCCNCC(C)Oc1ccc(C)cc1. The number of rotatable bonds is 8. The van der Waals surface area contributed by atoms with Crippen molar-refractivity contribution in [3.8, 4) is 5.75 Å². The maximum absolute atomic E-state index is 5.81. The van der Waals surface area contributed by atoms with E-state index in [9.17, 15) is 0 Å². The third-order valence-corrected chi connectivity index (χ3v) is 2.75. The average molecular weight is 235 g/mol. The third-order valence-electron chi connectivity index (χ3n) is 2.75. The molecule has 1 N–H and O–H groups in total. The molecule has 17 heavy (non-hydrogen) atoms. The Kier molecular flexibility index (Phi) is 6.71. The van der Waals surface area contributed by atoms with Gasteiger partial charge in [0.05, 0.1) is 0 Å². The highest BCUT2D eigenvalue weighted by Gasteiger charge is 2.02. The summed E-state index contributed by atoms with van der Waals surface area (Å²) >= 11 is 0. The van der Waals surface area contributed by atoms with Crippen LogP contribution in [-0.2, 0) is 0 Å². The number of benzene rings is 1. The summed E-state index contributed by atoms with van der Waals surface area (Å²) in [6.45, 7) is 8.42. The molecule has 96 valence electrons. The Labute approximate surface area is 105 Å². The summed E-state index contributed by atoms with van der Waals surface area (Å²) in [7, 11) is 0. The van der Waals surface area contributed by atoms with Crippen molar-refractivity contribution in [1.29, 1.82) is 0 Å². The zero-order valence-electron chi connectivity index (χ0n) is 11.3. The van der Waals surface area contributed by atoms with E-state index in [2.05, 4.69) is 38.2 Å². The Balaban J connectivity index is 2.16. The van der Waals surface area contributed by atoms with E-state index in [0.717, 1.165) is 18.8 Å². The summed E-state index contributed by atoms with van der Waals surface area (Å²) in [6, 6.07) is 8.22. The van der Waals surface area contributed by atoms with Crippen molar-refractivity contribution in [3.05, 3.63) is 29.8 Å². The number of hydrogen-bond acceptors (Lipinski definition) is 2. The molecule has 0 amide bonds. The van der Waals surface area contributed by atoms with E-state index in [1.807, 2.05) is 12.1 Å². The van der Waals surface area contributed by atoms with Crippen LogP contribution in [0.4, 0.5) is 0 Å². The standard InChI is InChI=1S/C15H25NO/c1-4-5-6-11-16-12-14(3)17-15-9-7-13(2)8-10-15/h7-10,14,16H,4-6,11-12H2,1-3H3. The van der Waals surface area contributed by atoms with Gasteiger partial charge in [0.2, 0.25) is 0 Å². The zero-order valence-corrected chi connectivity index (χ0v) is 11.3. The van der Waals surface area contributed by atoms with Crippen molar-refractivity contribution in [3.63, 3.8) is 0 Å². The molecule has 1 aromatic carbocycles. The van der Waals surface area contributed by atoms with E-state index in [1.54, 1.807) is 0 Å². The molecule has 1 aromatic rings. The Morgan fingerprint density at radius 2 is 1.88 bits per heavy atom. The van der Waals surface area contributed by atoms with Crippen molar-refractivity contribution in [1.82, 2.24) is 5.32 Å². The first kappa shape index (κ1) is 14.0. The second kappa shape index (κ2) is 8.13. The van der Waals surface area contributed by atoms with Crippen molar-refractivity contribution in [2.75, 3.05) is 13.1 Å². The Morgan fingerprint density at radius 1 is 1.18 bits per heavy atom. The van der Waals surface area contributed by atoms with Gasteiger partial charge in [-0.25, -0.2) is 0 Å². The molecule has 0 bridgehead atoms. The fourth-order valence-corrected chi connectivity index (χ4v) is 1.70. The molecule has 0 saturated heterocycles. The van der Waals surface area contributed by atoms with Crippen LogP contribution in [-0.4, -0.2) is 19.2 Å². The molecule has 0 aliphatic carbocycles. The molecule has 0 spiro atoms. The largest absolute Gasteiger partial charge is 0.489 e. The first-order valence-electron chi connectivity index (χ1n) is 6.66. The highest BCUT2D eigenvalue weighted by atomic mass is 16.5. The predicted octanol–water partition coefficient (Wildman–Crippen LogP) is 3.54. The van der Waals surface area contributed by atoms with Gasteiger partial charge in [-0.05, 0) is 38.9 Å². The van der Waals surface area contributed by atoms with Gasteiger partial charge in [-0.15, -0.1) is 0 Å². The quantitative estimate of drug-likeness (QED) is 0.696. The second-order valence-corrected chi connectivity index (χ2v) is 4.65. The van der Waals surface area contributed by atoms with Crippen LogP contribution in [0.1, 0.15) is 38.7 Å². The van der Waals surface area contributed by atoms with Crippen LogP contribution in [0, 0.1) is 6.92 Å². The molecular weight excluding hydrogens is 210 g/mol. The minimum atomic E-state index is 0.222. The summed E-state index contributed by atoms with van der Waals surface area (Å²) in [5.41, 5.74) is 1.27. The van der Waals surface area contributed by atoms with Crippen LogP contribution in [0.15, 0.2) is 24.3 Å². The second-order valence-electron chi connectivity index (χ2n) is 4.65. The topological polar surface area (TPSA) is 21.3 Å². The number of ether oxygens (including phenoxy) is 1. The van der Waals surface area contributed by atoms with Crippen LogP contribution in [0.3, 0.4) is 0 Å². The molecule has 0 aromatic heterocycles. The van der Waals surface area contributed by atoms with Crippen LogP contribution in [0.2, 0.25) is 0 Å². The van der Waals surface area contributed by atoms with Crippen molar-refractivity contribution < 1.29 is 4.74 Å². The zero-order chi connectivity index (χ0) is 12.5. The van der Waals surface area contributed by atoms with E-state index in [4.69, 9.17) is 4.74 Å².